The third-order valence-corrected chi connectivity index (χ3v) is 6.15. The minimum absolute atomic E-state index is 0.0305. The number of hydrogen-bond donors (Lipinski definition) is 1. The molecule has 1 aromatic heterocycles. The molecule has 178 valence electrons. The summed E-state index contributed by atoms with van der Waals surface area (Å²) < 4.78 is 17.2. The number of nitrogens with zero attached hydrogens (tertiary/aromatic N) is 2. The second kappa shape index (κ2) is 9.75. The van der Waals surface area contributed by atoms with E-state index in [1.807, 2.05) is 24.0 Å². The number of anilines is 1. The topological polar surface area (TPSA) is 93.9 Å². The Labute approximate surface area is 198 Å². The third-order valence-electron chi connectivity index (χ3n) is 6.15. The van der Waals surface area contributed by atoms with Gasteiger partial charge in [0.25, 0.3) is 11.8 Å². The van der Waals surface area contributed by atoms with E-state index in [1.165, 1.54) is 0 Å². The summed E-state index contributed by atoms with van der Waals surface area (Å²) in [7, 11) is 0. The molecule has 1 saturated carbocycles. The quantitative estimate of drug-likeness (QED) is 0.518. The number of benzene rings is 2. The van der Waals surface area contributed by atoms with Crippen LogP contribution in [0.3, 0.4) is 0 Å². The molecule has 1 aliphatic carbocycles. The van der Waals surface area contributed by atoms with Gasteiger partial charge in [-0.15, -0.1) is 0 Å². The highest BCUT2D eigenvalue weighted by Gasteiger charge is 2.29. The highest BCUT2D eigenvalue weighted by molar-refractivity contribution is 6.05. The van der Waals surface area contributed by atoms with Crippen LogP contribution >= 0.6 is 0 Å². The number of fused-ring (bicyclic) bond motifs is 1. The van der Waals surface area contributed by atoms with Crippen molar-refractivity contribution in [1.82, 2.24) is 9.88 Å². The van der Waals surface area contributed by atoms with Crippen LogP contribution in [0.2, 0.25) is 0 Å². The highest BCUT2D eigenvalue weighted by Crippen LogP contribution is 2.40. The molecule has 2 amide bonds. The van der Waals surface area contributed by atoms with Crippen LogP contribution in [-0.2, 0) is 4.79 Å². The van der Waals surface area contributed by atoms with Crippen molar-refractivity contribution in [2.45, 2.75) is 44.9 Å². The number of carbonyl (C=O) groups excluding carboxylic acids is 2. The lowest BCUT2D eigenvalue weighted by Crippen LogP contribution is -2.38. The van der Waals surface area contributed by atoms with Gasteiger partial charge in [0.1, 0.15) is 5.52 Å². The van der Waals surface area contributed by atoms with E-state index in [-0.39, 0.29) is 18.4 Å². The van der Waals surface area contributed by atoms with E-state index in [0.29, 0.717) is 35.3 Å². The minimum atomic E-state index is -0.276. The maximum absolute atomic E-state index is 12.9. The summed E-state index contributed by atoms with van der Waals surface area (Å²) in [4.78, 5) is 31.7. The molecule has 1 N–H and O–H groups in total. The van der Waals surface area contributed by atoms with Crippen LogP contribution in [0.5, 0.6) is 11.5 Å². The number of amides is 2. The molecule has 34 heavy (non-hydrogen) atoms. The molecule has 0 atom stereocenters. The Bertz CT molecular complexity index is 1190. The number of hydrogen-bond acceptors (Lipinski definition) is 6. The van der Waals surface area contributed by atoms with E-state index < -0.39 is 0 Å². The van der Waals surface area contributed by atoms with Crippen LogP contribution in [0.4, 0.5) is 5.69 Å². The van der Waals surface area contributed by atoms with E-state index in [1.54, 1.807) is 24.3 Å². The summed E-state index contributed by atoms with van der Waals surface area (Å²) in [5, 5.41) is 2.91. The Morgan fingerprint density at radius 3 is 2.65 bits per heavy atom. The van der Waals surface area contributed by atoms with Gasteiger partial charge < -0.3 is 24.1 Å². The van der Waals surface area contributed by atoms with Gasteiger partial charge in [-0.3, -0.25) is 9.59 Å². The number of oxazole rings is 1. The predicted molar refractivity (Wildman–Crippen MR) is 127 cm³/mol. The molecule has 0 radical (unpaired) electrons. The van der Waals surface area contributed by atoms with Gasteiger partial charge >= 0.3 is 0 Å². The smallest absolute Gasteiger partial charge is 0.260 e. The molecule has 2 heterocycles. The zero-order valence-electron chi connectivity index (χ0n) is 19.3. The van der Waals surface area contributed by atoms with Crippen molar-refractivity contribution in [3.05, 3.63) is 47.9 Å². The summed E-state index contributed by atoms with van der Waals surface area (Å²) in [6, 6.07) is 10.4. The summed E-state index contributed by atoms with van der Waals surface area (Å²) in [6.45, 7) is 3.78. The summed E-state index contributed by atoms with van der Waals surface area (Å²) >= 11 is 0. The van der Waals surface area contributed by atoms with E-state index in [4.69, 9.17) is 13.9 Å². The number of piperidine rings is 1. The maximum Gasteiger partial charge on any atom is 0.260 e. The van der Waals surface area contributed by atoms with Gasteiger partial charge in [-0.05, 0) is 75.4 Å². The Balaban J connectivity index is 1.26. The largest absolute Gasteiger partial charge is 0.490 e. The summed E-state index contributed by atoms with van der Waals surface area (Å²) in [5.74, 6) is 1.77. The van der Waals surface area contributed by atoms with Gasteiger partial charge in [0.2, 0.25) is 0 Å². The van der Waals surface area contributed by atoms with E-state index in [9.17, 15) is 9.59 Å². The molecular weight excluding hydrogens is 434 g/mol. The van der Waals surface area contributed by atoms with Crippen LogP contribution < -0.4 is 14.8 Å². The first-order valence-electron chi connectivity index (χ1n) is 12.0. The van der Waals surface area contributed by atoms with Crippen molar-refractivity contribution in [2.75, 3.05) is 31.6 Å². The number of aromatic nitrogens is 1. The van der Waals surface area contributed by atoms with Gasteiger partial charge in [-0.25, -0.2) is 4.98 Å². The Morgan fingerprint density at radius 1 is 1.06 bits per heavy atom. The molecule has 1 saturated heterocycles. The zero-order chi connectivity index (χ0) is 23.5. The number of ether oxygens (including phenoxy) is 2. The lowest BCUT2D eigenvalue weighted by molar-refractivity contribution is -0.134. The van der Waals surface area contributed by atoms with Gasteiger partial charge in [0.15, 0.2) is 29.6 Å². The standard InChI is InChI=1S/C26H29N3O5/c1-2-32-23-14-18(8-10-22(23)33-16-24(30)29-12-4-3-5-13-29)25(31)27-19-9-11-21-20(15-19)28-26(34-21)17-6-7-17/h8-11,14-15,17H,2-7,12-13,16H2,1H3,(H,27,31). The second-order valence-corrected chi connectivity index (χ2v) is 8.79. The molecule has 0 unspecified atom stereocenters. The van der Waals surface area contributed by atoms with Crippen LogP contribution in [0.15, 0.2) is 40.8 Å². The zero-order valence-corrected chi connectivity index (χ0v) is 19.3. The first kappa shape index (κ1) is 22.3. The Hall–Kier alpha value is -3.55. The van der Waals surface area contributed by atoms with Crippen molar-refractivity contribution >= 4 is 28.6 Å². The molecule has 3 aromatic rings. The normalized spacial score (nSPS) is 15.9. The average molecular weight is 464 g/mol. The van der Waals surface area contributed by atoms with Crippen molar-refractivity contribution in [1.29, 1.82) is 0 Å². The molecule has 1 aliphatic heterocycles. The van der Waals surface area contributed by atoms with E-state index >= 15 is 0 Å². The number of likely N-dealkylation sites (tertiary alicyclic amines) is 1. The summed E-state index contributed by atoms with van der Waals surface area (Å²) in [5.41, 5.74) is 2.52. The van der Waals surface area contributed by atoms with Gasteiger partial charge in [0, 0.05) is 30.3 Å². The second-order valence-electron chi connectivity index (χ2n) is 8.79. The van der Waals surface area contributed by atoms with Gasteiger partial charge in [-0.1, -0.05) is 0 Å². The summed E-state index contributed by atoms with van der Waals surface area (Å²) in [6.07, 6.45) is 5.46. The molecule has 2 aromatic carbocycles. The van der Waals surface area contributed by atoms with Gasteiger partial charge in [0.05, 0.1) is 6.61 Å². The molecule has 5 rings (SSSR count). The predicted octanol–water partition coefficient (Wildman–Crippen LogP) is 4.75. The van der Waals surface area contributed by atoms with E-state index in [0.717, 1.165) is 62.2 Å². The molecule has 8 heteroatoms. The first-order valence-corrected chi connectivity index (χ1v) is 12.0. The Morgan fingerprint density at radius 2 is 1.88 bits per heavy atom. The van der Waals surface area contributed by atoms with Crippen LogP contribution in [0, 0.1) is 0 Å². The number of carbonyl (C=O) groups is 2. The molecule has 2 aliphatic rings. The SMILES string of the molecule is CCOc1cc(C(=O)Nc2ccc3oc(C4CC4)nc3c2)ccc1OCC(=O)N1CCCCC1. The highest BCUT2D eigenvalue weighted by atomic mass is 16.5. The fourth-order valence-corrected chi connectivity index (χ4v) is 4.14. The van der Waals surface area contributed by atoms with Gasteiger partial charge in [-0.2, -0.15) is 0 Å². The van der Waals surface area contributed by atoms with Crippen LogP contribution in [0.25, 0.3) is 11.1 Å². The molecule has 8 nitrogen and oxygen atoms in total. The van der Waals surface area contributed by atoms with Crippen LogP contribution in [0.1, 0.15) is 61.2 Å². The fourth-order valence-electron chi connectivity index (χ4n) is 4.14. The monoisotopic (exact) mass is 463 g/mol. The first-order chi connectivity index (χ1) is 16.6. The average Bonchev–Trinajstić information content (AvgIpc) is 3.63. The lowest BCUT2D eigenvalue weighted by atomic mass is 10.1. The number of rotatable bonds is 8. The van der Waals surface area contributed by atoms with Crippen molar-refractivity contribution < 1.29 is 23.5 Å². The number of nitrogens with one attached hydrogen (secondary N) is 1. The Kier molecular flexibility index (Phi) is 6.38. The third kappa shape index (κ3) is 5.00. The molecule has 2 fully saturated rings. The van der Waals surface area contributed by atoms with E-state index in [2.05, 4.69) is 10.3 Å². The molecule has 0 bridgehead atoms. The molecule has 0 spiro atoms. The fraction of sp³-hybridized carbons (Fsp3) is 0.423. The molecular formula is C26H29N3O5. The van der Waals surface area contributed by atoms with Crippen LogP contribution in [-0.4, -0.2) is 48.0 Å². The maximum atomic E-state index is 12.9. The van der Waals surface area contributed by atoms with Crippen molar-refractivity contribution in [2.24, 2.45) is 0 Å². The minimum Gasteiger partial charge on any atom is -0.490 e. The lowest BCUT2D eigenvalue weighted by Gasteiger charge is -2.26. The van der Waals surface area contributed by atoms with Crippen molar-refractivity contribution in [3.8, 4) is 11.5 Å². The van der Waals surface area contributed by atoms with Crippen molar-refractivity contribution in [3.63, 3.8) is 0 Å².